The lowest BCUT2D eigenvalue weighted by Gasteiger charge is -2.24. The molecule has 0 atom stereocenters. The molecule has 0 spiro atoms. The van der Waals surface area contributed by atoms with E-state index in [2.05, 4.69) is 10.3 Å². The molecule has 0 aliphatic carbocycles. The van der Waals surface area contributed by atoms with Gasteiger partial charge in [0.2, 0.25) is 5.91 Å². The van der Waals surface area contributed by atoms with Gasteiger partial charge in [-0.3, -0.25) is 19.1 Å². The lowest BCUT2D eigenvalue weighted by Crippen LogP contribution is -2.41. The fraction of sp³-hybridized carbons (Fsp3) is 0.389. The van der Waals surface area contributed by atoms with E-state index in [4.69, 9.17) is 5.73 Å². The molecule has 0 radical (unpaired) electrons. The van der Waals surface area contributed by atoms with Gasteiger partial charge in [0.15, 0.2) is 0 Å². The van der Waals surface area contributed by atoms with Crippen molar-refractivity contribution in [3.05, 3.63) is 50.7 Å². The Morgan fingerprint density at radius 3 is 2.43 bits per heavy atom. The number of hydrogen-bond acceptors (Lipinski definition) is 5. The fourth-order valence-electron chi connectivity index (χ4n) is 2.77. The van der Waals surface area contributed by atoms with E-state index in [1.165, 1.54) is 9.47 Å². The number of unbranched alkanes of at least 4 members (excludes halogenated alkanes) is 1. The van der Waals surface area contributed by atoms with Gasteiger partial charge < -0.3 is 16.0 Å². The van der Waals surface area contributed by atoms with Crippen LogP contribution < -0.4 is 27.2 Å². The van der Waals surface area contributed by atoms with Gasteiger partial charge >= 0.3 is 5.69 Å². The number of benzene rings is 1. The van der Waals surface area contributed by atoms with Gasteiger partial charge in [-0.1, -0.05) is 13.3 Å². The predicted octanol–water partition coefficient (Wildman–Crippen LogP) is 1.66. The van der Waals surface area contributed by atoms with Crippen molar-refractivity contribution < 1.29 is 13.6 Å². The quantitative estimate of drug-likeness (QED) is 0.629. The summed E-state index contributed by atoms with van der Waals surface area (Å²) >= 11 is 0. The summed E-state index contributed by atoms with van der Waals surface area (Å²) in [5.41, 5.74) is 4.67. The van der Waals surface area contributed by atoms with Crippen LogP contribution in [0, 0.1) is 11.6 Å². The van der Waals surface area contributed by atoms with Crippen molar-refractivity contribution in [1.29, 1.82) is 0 Å². The topological polar surface area (TPSA) is 113 Å². The Bertz CT molecular complexity index is 950. The summed E-state index contributed by atoms with van der Waals surface area (Å²) in [6, 6.07) is 2.64. The molecule has 0 aliphatic rings. The smallest absolute Gasteiger partial charge is 0.330 e. The number of carbonyl (C=O) groups is 1. The number of anilines is 3. The summed E-state index contributed by atoms with van der Waals surface area (Å²) in [5.74, 6) is -2.29. The van der Waals surface area contributed by atoms with Crippen LogP contribution in [-0.2, 0) is 11.3 Å². The average molecular weight is 395 g/mol. The molecule has 28 heavy (non-hydrogen) atoms. The average Bonchev–Trinajstić information content (AvgIpc) is 2.59. The molecule has 0 aliphatic heterocycles. The van der Waals surface area contributed by atoms with E-state index in [1.54, 1.807) is 6.92 Å². The van der Waals surface area contributed by atoms with Crippen molar-refractivity contribution in [3.63, 3.8) is 0 Å². The number of nitrogens with two attached hydrogens (primary N) is 1. The van der Waals surface area contributed by atoms with Crippen molar-refractivity contribution in [3.8, 4) is 0 Å². The van der Waals surface area contributed by atoms with E-state index in [0.29, 0.717) is 19.0 Å². The van der Waals surface area contributed by atoms with Crippen molar-refractivity contribution in [1.82, 2.24) is 9.55 Å². The standard InChI is InChI=1S/C18H23F2N5O3/c1-3-5-6-25-16(21)15(17(27)23-18(25)28)24(4-2)10-14(26)22-13-8-11(19)7-12(20)9-13/h7-9H,3-6,10,21H2,1-2H3,(H,22,26)(H,23,27,28). The van der Waals surface area contributed by atoms with E-state index < -0.39 is 28.8 Å². The zero-order chi connectivity index (χ0) is 20.8. The summed E-state index contributed by atoms with van der Waals surface area (Å²) in [4.78, 5) is 40.2. The molecule has 1 aromatic carbocycles. The first-order valence-corrected chi connectivity index (χ1v) is 8.90. The molecule has 2 rings (SSSR count). The van der Waals surface area contributed by atoms with Crippen LogP contribution in [-0.4, -0.2) is 28.5 Å². The maximum absolute atomic E-state index is 13.3. The van der Waals surface area contributed by atoms with Gasteiger partial charge in [0.25, 0.3) is 5.56 Å². The second-order valence-corrected chi connectivity index (χ2v) is 6.22. The minimum Gasteiger partial charge on any atom is -0.383 e. The number of H-pyrrole nitrogens is 1. The number of halogens is 2. The van der Waals surface area contributed by atoms with Gasteiger partial charge in [-0.2, -0.15) is 0 Å². The molecule has 1 aromatic heterocycles. The van der Waals surface area contributed by atoms with Crippen LogP contribution in [0.3, 0.4) is 0 Å². The lowest BCUT2D eigenvalue weighted by atomic mass is 10.3. The Balaban J connectivity index is 2.28. The van der Waals surface area contributed by atoms with E-state index in [0.717, 1.165) is 18.6 Å². The Hall–Kier alpha value is -3.17. The number of rotatable bonds is 8. The number of nitrogens with one attached hydrogen (secondary N) is 2. The van der Waals surface area contributed by atoms with Gasteiger partial charge in [0.1, 0.15) is 23.1 Å². The molecule has 152 valence electrons. The number of carbonyl (C=O) groups excluding carboxylic acids is 1. The Morgan fingerprint density at radius 2 is 1.86 bits per heavy atom. The van der Waals surface area contributed by atoms with E-state index in [1.807, 2.05) is 6.92 Å². The number of hydrogen-bond donors (Lipinski definition) is 3. The molecule has 4 N–H and O–H groups in total. The van der Waals surface area contributed by atoms with Crippen molar-refractivity contribution in [2.75, 3.05) is 29.0 Å². The summed E-state index contributed by atoms with van der Waals surface area (Å²) in [5, 5.41) is 2.38. The van der Waals surface area contributed by atoms with E-state index >= 15 is 0 Å². The normalized spacial score (nSPS) is 10.7. The molecule has 8 nitrogen and oxygen atoms in total. The second kappa shape index (κ2) is 9.16. The highest BCUT2D eigenvalue weighted by Gasteiger charge is 2.20. The number of nitrogens with zero attached hydrogens (tertiary/aromatic N) is 2. The van der Waals surface area contributed by atoms with Crippen LogP contribution >= 0.6 is 0 Å². The summed E-state index contributed by atoms with van der Waals surface area (Å²) in [6.07, 6.45) is 1.51. The third kappa shape index (κ3) is 4.96. The summed E-state index contributed by atoms with van der Waals surface area (Å²) in [6.45, 7) is 3.93. The molecule has 2 aromatic rings. The first-order valence-electron chi connectivity index (χ1n) is 8.90. The molecule has 0 saturated carbocycles. The fourth-order valence-corrected chi connectivity index (χ4v) is 2.77. The number of likely N-dealkylation sites (N-methyl/N-ethyl adjacent to an activating group) is 1. The number of amides is 1. The molecule has 1 amide bonds. The maximum atomic E-state index is 13.3. The maximum Gasteiger partial charge on any atom is 0.330 e. The van der Waals surface area contributed by atoms with Crippen LogP contribution in [0.5, 0.6) is 0 Å². The summed E-state index contributed by atoms with van der Waals surface area (Å²) in [7, 11) is 0. The minimum atomic E-state index is -0.827. The Kier molecular flexibility index (Phi) is 6.91. The van der Waals surface area contributed by atoms with Gasteiger partial charge in [-0.15, -0.1) is 0 Å². The first kappa shape index (κ1) is 21.1. The predicted molar refractivity (Wildman–Crippen MR) is 104 cm³/mol. The third-order valence-electron chi connectivity index (χ3n) is 4.13. The first-order chi connectivity index (χ1) is 13.3. The molecule has 0 bridgehead atoms. The summed E-state index contributed by atoms with van der Waals surface area (Å²) < 4.78 is 27.8. The van der Waals surface area contributed by atoms with Gasteiger partial charge in [-0.05, 0) is 25.5 Å². The van der Waals surface area contributed by atoms with Gasteiger partial charge in [-0.25, -0.2) is 13.6 Å². The van der Waals surface area contributed by atoms with Crippen molar-refractivity contribution >= 4 is 23.1 Å². The van der Waals surface area contributed by atoms with Crippen LogP contribution in [0.25, 0.3) is 0 Å². The van der Waals surface area contributed by atoms with Gasteiger partial charge in [0.05, 0.1) is 6.54 Å². The number of aromatic nitrogens is 2. The van der Waals surface area contributed by atoms with E-state index in [9.17, 15) is 23.2 Å². The third-order valence-corrected chi connectivity index (χ3v) is 4.13. The van der Waals surface area contributed by atoms with Crippen LogP contribution in [0.15, 0.2) is 27.8 Å². The van der Waals surface area contributed by atoms with Crippen molar-refractivity contribution in [2.24, 2.45) is 0 Å². The largest absolute Gasteiger partial charge is 0.383 e. The molecule has 10 heteroatoms. The highest BCUT2D eigenvalue weighted by Crippen LogP contribution is 2.17. The molecule has 0 unspecified atom stereocenters. The van der Waals surface area contributed by atoms with Crippen LogP contribution in [0.2, 0.25) is 0 Å². The molecular formula is C18H23F2N5O3. The zero-order valence-electron chi connectivity index (χ0n) is 15.7. The number of nitrogen functional groups attached to an aromatic ring is 1. The number of aromatic amines is 1. The lowest BCUT2D eigenvalue weighted by molar-refractivity contribution is -0.115. The van der Waals surface area contributed by atoms with Crippen LogP contribution in [0.1, 0.15) is 26.7 Å². The SMILES string of the molecule is CCCCn1c(N)c(N(CC)CC(=O)Nc2cc(F)cc(F)c2)c(=O)[nH]c1=O. The molecular weight excluding hydrogens is 372 g/mol. The Morgan fingerprint density at radius 1 is 1.21 bits per heavy atom. The van der Waals surface area contributed by atoms with E-state index in [-0.39, 0.29) is 30.3 Å². The molecule has 1 heterocycles. The minimum absolute atomic E-state index is 0.00113. The second-order valence-electron chi connectivity index (χ2n) is 6.22. The van der Waals surface area contributed by atoms with Gasteiger partial charge in [0, 0.05) is 24.8 Å². The highest BCUT2D eigenvalue weighted by molar-refractivity contribution is 5.94. The van der Waals surface area contributed by atoms with Crippen molar-refractivity contribution in [2.45, 2.75) is 33.2 Å². The zero-order valence-corrected chi connectivity index (χ0v) is 15.7. The molecule has 0 saturated heterocycles. The van der Waals surface area contributed by atoms with Crippen LogP contribution in [0.4, 0.5) is 26.0 Å². The highest BCUT2D eigenvalue weighted by atomic mass is 19.1. The Labute approximate surface area is 160 Å². The molecule has 0 fully saturated rings. The monoisotopic (exact) mass is 395 g/mol.